The number of thiazole rings is 1. The molecule has 1 fully saturated rings. The normalized spacial score (nSPS) is 13.8. The number of esters is 1. The van der Waals surface area contributed by atoms with Crippen molar-refractivity contribution in [1.29, 1.82) is 0 Å². The summed E-state index contributed by atoms with van der Waals surface area (Å²) in [6, 6.07) is 13.0. The van der Waals surface area contributed by atoms with E-state index in [0.717, 1.165) is 17.0 Å². The molecule has 7 heteroatoms. The molecular weight excluding hydrogens is 379 g/mol. The summed E-state index contributed by atoms with van der Waals surface area (Å²) in [5.41, 5.74) is 2.55. The van der Waals surface area contributed by atoms with Crippen LogP contribution in [0.1, 0.15) is 28.9 Å². The largest absolute Gasteiger partial charge is 0.456 e. The first-order chi connectivity index (χ1) is 13.6. The van der Waals surface area contributed by atoms with Crippen molar-refractivity contribution in [2.45, 2.75) is 19.4 Å². The summed E-state index contributed by atoms with van der Waals surface area (Å²) >= 11 is 1.41. The van der Waals surface area contributed by atoms with Gasteiger partial charge in [0.25, 0.3) is 0 Å². The number of hydrogen-bond acceptors (Lipinski definition) is 5. The number of aromatic nitrogens is 1. The molecule has 1 aromatic heterocycles. The maximum atomic E-state index is 13.0. The topological polar surface area (TPSA) is 59.5 Å². The lowest BCUT2D eigenvalue weighted by molar-refractivity contribution is -0.117. The van der Waals surface area contributed by atoms with E-state index in [2.05, 4.69) is 4.98 Å². The van der Waals surface area contributed by atoms with Crippen LogP contribution in [0.3, 0.4) is 0 Å². The van der Waals surface area contributed by atoms with Gasteiger partial charge in [0.1, 0.15) is 17.4 Å². The van der Waals surface area contributed by atoms with Crippen LogP contribution in [0.5, 0.6) is 0 Å². The standard InChI is InChI=1S/C21H17FN2O3S/c22-16-8-6-14(7-9-16)20-23-17(13-28-20)12-27-21(26)15-3-1-4-18(11-15)24-10-2-5-19(24)25/h1,3-4,6-9,11,13H,2,5,10,12H2. The third kappa shape index (κ3) is 3.94. The number of rotatable bonds is 5. The zero-order chi connectivity index (χ0) is 19.5. The molecule has 0 spiro atoms. The summed E-state index contributed by atoms with van der Waals surface area (Å²) in [7, 11) is 0. The Morgan fingerprint density at radius 3 is 2.79 bits per heavy atom. The number of carbonyl (C=O) groups is 2. The van der Waals surface area contributed by atoms with Crippen molar-refractivity contribution >= 4 is 28.9 Å². The van der Waals surface area contributed by atoms with Crippen molar-refractivity contribution in [2.75, 3.05) is 11.4 Å². The Morgan fingerprint density at radius 1 is 1.21 bits per heavy atom. The van der Waals surface area contributed by atoms with Crippen LogP contribution >= 0.6 is 11.3 Å². The van der Waals surface area contributed by atoms with Gasteiger partial charge in [0.15, 0.2) is 0 Å². The maximum Gasteiger partial charge on any atom is 0.338 e. The van der Waals surface area contributed by atoms with E-state index >= 15 is 0 Å². The molecule has 0 unspecified atom stereocenters. The number of benzene rings is 2. The van der Waals surface area contributed by atoms with Gasteiger partial charge < -0.3 is 9.64 Å². The molecular formula is C21H17FN2O3S. The minimum absolute atomic E-state index is 0.0450. The van der Waals surface area contributed by atoms with Gasteiger partial charge in [0, 0.05) is 29.6 Å². The molecule has 1 aliphatic rings. The minimum atomic E-state index is -0.468. The summed E-state index contributed by atoms with van der Waals surface area (Å²) in [5.74, 6) is -0.696. The van der Waals surface area contributed by atoms with Crippen molar-refractivity contribution < 1.29 is 18.7 Å². The highest BCUT2D eigenvalue weighted by molar-refractivity contribution is 7.13. The smallest absolute Gasteiger partial charge is 0.338 e. The number of carbonyl (C=O) groups excluding carboxylic acids is 2. The van der Waals surface area contributed by atoms with Crippen LogP contribution < -0.4 is 4.90 Å². The van der Waals surface area contributed by atoms with Gasteiger partial charge in [-0.3, -0.25) is 4.79 Å². The van der Waals surface area contributed by atoms with Crippen LogP contribution in [0.4, 0.5) is 10.1 Å². The molecule has 2 heterocycles. The summed E-state index contributed by atoms with van der Waals surface area (Å²) in [5, 5.41) is 2.55. The molecule has 0 N–H and O–H groups in total. The van der Waals surface area contributed by atoms with E-state index in [9.17, 15) is 14.0 Å². The highest BCUT2D eigenvalue weighted by atomic mass is 32.1. The SMILES string of the molecule is O=C(OCc1csc(-c2ccc(F)cc2)n1)c1cccc(N2CCCC2=O)c1. The number of anilines is 1. The van der Waals surface area contributed by atoms with Crippen LogP contribution in [-0.2, 0) is 16.1 Å². The fraction of sp³-hybridized carbons (Fsp3) is 0.190. The van der Waals surface area contributed by atoms with E-state index in [4.69, 9.17) is 4.74 Å². The molecule has 0 radical (unpaired) electrons. The molecule has 5 nitrogen and oxygen atoms in total. The maximum absolute atomic E-state index is 13.0. The molecule has 1 amide bonds. The molecule has 3 aromatic rings. The first kappa shape index (κ1) is 18.3. The number of hydrogen-bond donors (Lipinski definition) is 0. The Bertz CT molecular complexity index is 1020. The lowest BCUT2D eigenvalue weighted by Crippen LogP contribution is -2.23. The second kappa shape index (κ2) is 7.90. The first-order valence-corrected chi connectivity index (χ1v) is 9.76. The number of halogens is 1. The van der Waals surface area contributed by atoms with Crippen molar-refractivity contribution in [1.82, 2.24) is 4.98 Å². The van der Waals surface area contributed by atoms with Crippen molar-refractivity contribution in [3.05, 3.63) is 71.0 Å². The third-order valence-electron chi connectivity index (χ3n) is 4.46. The molecule has 1 aliphatic heterocycles. The molecule has 28 heavy (non-hydrogen) atoms. The lowest BCUT2D eigenvalue weighted by Gasteiger charge is -2.16. The third-order valence-corrected chi connectivity index (χ3v) is 5.40. The Kier molecular flexibility index (Phi) is 5.16. The molecule has 0 bridgehead atoms. The highest BCUT2D eigenvalue weighted by Crippen LogP contribution is 2.25. The van der Waals surface area contributed by atoms with Gasteiger partial charge in [-0.2, -0.15) is 0 Å². The molecule has 4 rings (SSSR count). The number of amides is 1. The predicted molar refractivity (Wildman–Crippen MR) is 105 cm³/mol. The van der Waals surface area contributed by atoms with Crippen LogP contribution in [0.2, 0.25) is 0 Å². The average Bonchev–Trinajstić information content (AvgIpc) is 3.36. The molecule has 142 valence electrons. The van der Waals surface area contributed by atoms with Gasteiger partial charge in [-0.05, 0) is 48.9 Å². The number of nitrogens with zero attached hydrogens (tertiary/aromatic N) is 2. The fourth-order valence-corrected chi connectivity index (χ4v) is 3.85. The van der Waals surface area contributed by atoms with Gasteiger partial charge in [-0.25, -0.2) is 14.2 Å². The van der Waals surface area contributed by atoms with Crippen LogP contribution in [-0.4, -0.2) is 23.4 Å². The summed E-state index contributed by atoms with van der Waals surface area (Å²) in [6.45, 7) is 0.714. The Labute approximate surface area is 165 Å². The second-order valence-corrected chi connectivity index (χ2v) is 7.28. The van der Waals surface area contributed by atoms with Crippen molar-refractivity contribution in [3.8, 4) is 10.6 Å². The van der Waals surface area contributed by atoms with E-state index in [1.807, 2.05) is 11.4 Å². The predicted octanol–water partition coefficient (Wildman–Crippen LogP) is 4.43. The zero-order valence-electron chi connectivity index (χ0n) is 14.9. The van der Waals surface area contributed by atoms with E-state index in [-0.39, 0.29) is 18.3 Å². The van der Waals surface area contributed by atoms with Crippen molar-refractivity contribution in [3.63, 3.8) is 0 Å². The molecule has 1 saturated heterocycles. The summed E-state index contributed by atoms with van der Waals surface area (Å²) < 4.78 is 18.4. The Morgan fingerprint density at radius 2 is 2.04 bits per heavy atom. The van der Waals surface area contributed by atoms with Gasteiger partial charge in [-0.15, -0.1) is 11.3 Å². The van der Waals surface area contributed by atoms with Gasteiger partial charge in [-0.1, -0.05) is 6.07 Å². The monoisotopic (exact) mass is 396 g/mol. The molecule has 0 saturated carbocycles. The van der Waals surface area contributed by atoms with Gasteiger partial charge in [0.05, 0.1) is 11.3 Å². The summed E-state index contributed by atoms with van der Waals surface area (Å²) in [4.78, 5) is 30.4. The Hall–Kier alpha value is -3.06. The zero-order valence-corrected chi connectivity index (χ0v) is 15.7. The highest BCUT2D eigenvalue weighted by Gasteiger charge is 2.22. The first-order valence-electron chi connectivity index (χ1n) is 8.88. The van der Waals surface area contributed by atoms with Gasteiger partial charge >= 0.3 is 5.97 Å². The van der Waals surface area contributed by atoms with Crippen LogP contribution in [0.25, 0.3) is 10.6 Å². The van der Waals surface area contributed by atoms with E-state index in [0.29, 0.717) is 29.9 Å². The van der Waals surface area contributed by atoms with Crippen LogP contribution in [0, 0.1) is 5.82 Å². The number of ether oxygens (including phenoxy) is 1. The van der Waals surface area contributed by atoms with E-state index < -0.39 is 5.97 Å². The summed E-state index contributed by atoms with van der Waals surface area (Å²) in [6.07, 6.45) is 1.36. The lowest BCUT2D eigenvalue weighted by atomic mass is 10.2. The quantitative estimate of drug-likeness (QED) is 0.599. The second-order valence-electron chi connectivity index (χ2n) is 6.43. The Balaban J connectivity index is 1.41. The average molecular weight is 396 g/mol. The van der Waals surface area contributed by atoms with Crippen molar-refractivity contribution in [2.24, 2.45) is 0 Å². The van der Waals surface area contributed by atoms with E-state index in [1.54, 1.807) is 35.2 Å². The fourth-order valence-electron chi connectivity index (χ4n) is 3.04. The molecule has 0 atom stereocenters. The van der Waals surface area contributed by atoms with Gasteiger partial charge in [0.2, 0.25) is 5.91 Å². The molecule has 0 aliphatic carbocycles. The van der Waals surface area contributed by atoms with E-state index in [1.165, 1.54) is 23.5 Å². The minimum Gasteiger partial charge on any atom is -0.456 e. The molecule has 2 aromatic carbocycles. The van der Waals surface area contributed by atoms with Crippen LogP contribution in [0.15, 0.2) is 53.9 Å².